The van der Waals surface area contributed by atoms with Crippen molar-refractivity contribution in [2.45, 2.75) is 23.9 Å². The number of carbonyl (C=O) groups is 1. The molecular formula is C14H15F3N2OS. The van der Waals surface area contributed by atoms with Gasteiger partial charge in [0, 0.05) is 5.69 Å². The highest BCUT2D eigenvalue weighted by Gasteiger charge is 2.47. The van der Waals surface area contributed by atoms with Gasteiger partial charge in [-0.1, -0.05) is 6.07 Å². The van der Waals surface area contributed by atoms with E-state index in [1.54, 1.807) is 22.7 Å². The molecule has 2 aliphatic heterocycles. The normalized spacial score (nSPS) is 22.0. The van der Waals surface area contributed by atoms with Gasteiger partial charge in [-0.25, -0.2) is 0 Å². The summed E-state index contributed by atoms with van der Waals surface area (Å²) in [5.41, 5.74) is -0.365. The number of thioether (sulfide) groups is 1. The van der Waals surface area contributed by atoms with Gasteiger partial charge in [0.15, 0.2) is 0 Å². The third kappa shape index (κ3) is 2.64. The molecule has 0 bridgehead atoms. The highest BCUT2D eigenvalue weighted by atomic mass is 32.2. The third-order valence-corrected chi connectivity index (χ3v) is 5.46. The van der Waals surface area contributed by atoms with E-state index >= 15 is 0 Å². The number of anilines is 1. The fourth-order valence-corrected chi connectivity index (χ4v) is 4.29. The van der Waals surface area contributed by atoms with Crippen molar-refractivity contribution in [1.29, 1.82) is 0 Å². The minimum absolute atomic E-state index is 0.110. The van der Waals surface area contributed by atoms with Crippen LogP contribution in [0.3, 0.4) is 0 Å². The minimum atomic E-state index is -4.40. The number of alkyl halides is 3. The van der Waals surface area contributed by atoms with Crippen LogP contribution in [0.25, 0.3) is 0 Å². The van der Waals surface area contributed by atoms with E-state index < -0.39 is 16.6 Å². The molecule has 2 fully saturated rings. The number of nitrogens with zero attached hydrogens (tertiary/aromatic N) is 1. The number of nitrogens with one attached hydrogen (secondary N) is 1. The second kappa shape index (κ2) is 5.21. The first kappa shape index (κ1) is 14.7. The Kier molecular flexibility index (Phi) is 3.65. The average molecular weight is 316 g/mol. The molecule has 3 rings (SSSR count). The summed E-state index contributed by atoms with van der Waals surface area (Å²) in [5, 5.41) is 3.23. The second-order valence-electron chi connectivity index (χ2n) is 5.26. The molecule has 0 aliphatic carbocycles. The van der Waals surface area contributed by atoms with Crippen molar-refractivity contribution >= 4 is 23.4 Å². The number of hydrogen-bond donors (Lipinski definition) is 1. The summed E-state index contributed by atoms with van der Waals surface area (Å²) in [4.78, 5) is 13.4. The Labute approximate surface area is 124 Å². The molecule has 114 valence electrons. The van der Waals surface area contributed by atoms with E-state index in [1.807, 2.05) is 0 Å². The predicted octanol–water partition coefficient (Wildman–Crippen LogP) is 2.86. The number of benzene rings is 1. The summed E-state index contributed by atoms with van der Waals surface area (Å²) in [6.45, 7) is 1.55. The van der Waals surface area contributed by atoms with Gasteiger partial charge in [0.2, 0.25) is 5.91 Å². The van der Waals surface area contributed by atoms with Crippen molar-refractivity contribution in [1.82, 2.24) is 5.32 Å². The molecule has 7 heteroatoms. The molecule has 0 atom stereocenters. The van der Waals surface area contributed by atoms with E-state index in [-0.39, 0.29) is 5.91 Å². The molecule has 21 heavy (non-hydrogen) atoms. The zero-order valence-corrected chi connectivity index (χ0v) is 12.1. The van der Waals surface area contributed by atoms with Crippen LogP contribution in [-0.2, 0) is 11.0 Å². The Bertz CT molecular complexity index is 555. The van der Waals surface area contributed by atoms with E-state index in [4.69, 9.17) is 0 Å². The van der Waals surface area contributed by atoms with Crippen LogP contribution in [0, 0.1) is 0 Å². The van der Waals surface area contributed by atoms with Crippen LogP contribution in [0.1, 0.15) is 18.4 Å². The summed E-state index contributed by atoms with van der Waals surface area (Å²) in [5.74, 6) is 0.220. The molecule has 1 amide bonds. The van der Waals surface area contributed by atoms with Crippen LogP contribution in [0.4, 0.5) is 18.9 Å². The van der Waals surface area contributed by atoms with Crippen LogP contribution in [0.15, 0.2) is 24.3 Å². The fourth-order valence-electron chi connectivity index (χ4n) is 2.94. The first-order chi connectivity index (χ1) is 9.92. The van der Waals surface area contributed by atoms with E-state index in [1.165, 1.54) is 6.07 Å². The molecule has 2 heterocycles. The van der Waals surface area contributed by atoms with Gasteiger partial charge in [-0.3, -0.25) is 9.69 Å². The van der Waals surface area contributed by atoms with Gasteiger partial charge in [0.1, 0.15) is 0 Å². The van der Waals surface area contributed by atoms with Crippen molar-refractivity contribution < 1.29 is 18.0 Å². The SMILES string of the molecule is O=C1CSC2(CCNCC2)N1c1cccc(C(F)(F)F)c1. The first-order valence-electron chi connectivity index (χ1n) is 6.77. The number of amides is 1. The molecule has 3 nitrogen and oxygen atoms in total. The summed E-state index contributed by atoms with van der Waals surface area (Å²) in [6.07, 6.45) is -2.90. The minimum Gasteiger partial charge on any atom is -0.316 e. The Morgan fingerprint density at radius 3 is 2.62 bits per heavy atom. The van der Waals surface area contributed by atoms with Crippen LogP contribution < -0.4 is 10.2 Å². The smallest absolute Gasteiger partial charge is 0.316 e. The number of piperidine rings is 1. The quantitative estimate of drug-likeness (QED) is 0.865. The molecule has 0 aromatic heterocycles. The maximum Gasteiger partial charge on any atom is 0.416 e. The number of rotatable bonds is 1. The van der Waals surface area contributed by atoms with Crippen molar-refractivity contribution in [3.05, 3.63) is 29.8 Å². The molecule has 1 aromatic carbocycles. The van der Waals surface area contributed by atoms with Crippen molar-refractivity contribution in [2.24, 2.45) is 0 Å². The zero-order chi connectivity index (χ0) is 15.1. The second-order valence-corrected chi connectivity index (χ2v) is 6.60. The lowest BCUT2D eigenvalue weighted by molar-refractivity contribution is -0.137. The summed E-state index contributed by atoms with van der Waals surface area (Å²) in [6, 6.07) is 5.06. The Hall–Kier alpha value is -1.21. The lowest BCUT2D eigenvalue weighted by atomic mass is 10.0. The van der Waals surface area contributed by atoms with Gasteiger partial charge in [0.25, 0.3) is 0 Å². The highest BCUT2D eigenvalue weighted by Crippen LogP contribution is 2.46. The summed E-state index contributed by atoms with van der Waals surface area (Å²) < 4.78 is 38.6. The zero-order valence-electron chi connectivity index (χ0n) is 11.2. The molecule has 0 saturated carbocycles. The Morgan fingerprint density at radius 1 is 1.24 bits per heavy atom. The third-order valence-electron chi connectivity index (χ3n) is 3.94. The van der Waals surface area contributed by atoms with Crippen molar-refractivity contribution in [3.63, 3.8) is 0 Å². The molecule has 1 spiro atoms. The topological polar surface area (TPSA) is 32.3 Å². The molecule has 2 saturated heterocycles. The average Bonchev–Trinajstić information content (AvgIpc) is 2.75. The Balaban J connectivity index is 1.99. The lowest BCUT2D eigenvalue weighted by Gasteiger charge is -2.40. The highest BCUT2D eigenvalue weighted by molar-refractivity contribution is 8.02. The van der Waals surface area contributed by atoms with Crippen LogP contribution in [0.2, 0.25) is 0 Å². The number of carbonyl (C=O) groups excluding carboxylic acids is 1. The van der Waals surface area contributed by atoms with Gasteiger partial charge in [-0.05, 0) is 44.1 Å². The van der Waals surface area contributed by atoms with Crippen molar-refractivity contribution in [3.8, 4) is 0 Å². The van der Waals surface area contributed by atoms with Crippen LogP contribution in [-0.4, -0.2) is 29.6 Å². The van der Waals surface area contributed by atoms with Gasteiger partial charge >= 0.3 is 6.18 Å². The molecule has 1 aromatic rings. The van der Waals surface area contributed by atoms with Crippen LogP contribution in [0.5, 0.6) is 0 Å². The van der Waals surface area contributed by atoms with Crippen molar-refractivity contribution in [2.75, 3.05) is 23.7 Å². The van der Waals surface area contributed by atoms with E-state index in [0.29, 0.717) is 11.4 Å². The van der Waals surface area contributed by atoms with Gasteiger partial charge in [0.05, 0.1) is 16.2 Å². The summed E-state index contributed by atoms with van der Waals surface area (Å²) in [7, 11) is 0. The molecule has 1 N–H and O–H groups in total. The largest absolute Gasteiger partial charge is 0.416 e. The number of hydrogen-bond acceptors (Lipinski definition) is 3. The predicted molar refractivity (Wildman–Crippen MR) is 76.2 cm³/mol. The van der Waals surface area contributed by atoms with E-state index in [2.05, 4.69) is 5.32 Å². The monoisotopic (exact) mass is 316 g/mol. The van der Waals surface area contributed by atoms with E-state index in [9.17, 15) is 18.0 Å². The standard InChI is InChI=1S/C14H15F3N2OS/c15-14(16,17)10-2-1-3-11(8-10)19-12(20)9-21-13(19)4-6-18-7-5-13/h1-3,8,18H,4-7,9H2. The Morgan fingerprint density at radius 2 is 1.95 bits per heavy atom. The molecule has 0 unspecified atom stereocenters. The van der Waals surface area contributed by atoms with E-state index in [0.717, 1.165) is 38.1 Å². The summed E-state index contributed by atoms with van der Waals surface area (Å²) >= 11 is 1.55. The molecular weight excluding hydrogens is 301 g/mol. The van der Waals surface area contributed by atoms with Gasteiger partial charge in [-0.2, -0.15) is 13.2 Å². The molecule has 2 aliphatic rings. The fraction of sp³-hybridized carbons (Fsp3) is 0.500. The maximum atomic E-state index is 12.9. The lowest BCUT2D eigenvalue weighted by Crippen LogP contribution is -2.51. The van der Waals surface area contributed by atoms with Crippen LogP contribution >= 0.6 is 11.8 Å². The number of halogens is 3. The first-order valence-corrected chi connectivity index (χ1v) is 7.76. The maximum absolute atomic E-state index is 12.9. The van der Waals surface area contributed by atoms with Gasteiger partial charge < -0.3 is 5.32 Å². The molecule has 0 radical (unpaired) electrons. The van der Waals surface area contributed by atoms with Gasteiger partial charge in [-0.15, -0.1) is 11.8 Å².